The zero-order chi connectivity index (χ0) is 30.2. The number of nitrogens with one attached hydrogen (secondary N) is 1. The molecule has 1 unspecified atom stereocenters. The van der Waals surface area contributed by atoms with Crippen LogP contribution in [0.5, 0.6) is 0 Å². The van der Waals surface area contributed by atoms with Gasteiger partial charge in [-0.15, -0.1) is 0 Å². The molecule has 0 bridgehead atoms. The van der Waals surface area contributed by atoms with Crippen molar-refractivity contribution in [3.63, 3.8) is 0 Å². The first kappa shape index (κ1) is 32.2. The first-order chi connectivity index (χ1) is 19.5. The van der Waals surface area contributed by atoms with Gasteiger partial charge in [0, 0.05) is 18.1 Å². The Bertz CT molecular complexity index is 1410. The highest BCUT2D eigenvalue weighted by atomic mass is 35.5. The van der Waals surface area contributed by atoms with Crippen molar-refractivity contribution < 1.29 is 18.0 Å². The van der Waals surface area contributed by atoms with E-state index in [9.17, 15) is 18.0 Å². The maximum absolute atomic E-state index is 14.1. The minimum Gasteiger partial charge on any atom is -0.354 e. The molecular formula is C32H40ClN3O4S. The molecule has 1 atom stereocenters. The Labute approximate surface area is 249 Å². The number of hydrogen-bond donors (Lipinski definition) is 1. The number of sulfonamides is 1. The Morgan fingerprint density at radius 1 is 0.902 bits per heavy atom. The van der Waals surface area contributed by atoms with Crippen LogP contribution in [0.1, 0.15) is 63.1 Å². The van der Waals surface area contributed by atoms with Crippen LogP contribution < -0.4 is 9.62 Å². The fraction of sp³-hybridized carbons (Fsp3) is 0.375. The maximum Gasteiger partial charge on any atom is 0.264 e. The second kappa shape index (κ2) is 14.5. The smallest absolute Gasteiger partial charge is 0.264 e. The van der Waals surface area contributed by atoms with Gasteiger partial charge in [-0.3, -0.25) is 13.9 Å². The van der Waals surface area contributed by atoms with E-state index in [-0.39, 0.29) is 23.3 Å². The number of amides is 2. The Balaban J connectivity index is 2.06. The molecule has 0 radical (unpaired) electrons. The van der Waals surface area contributed by atoms with Crippen molar-refractivity contribution in [2.45, 2.75) is 70.9 Å². The second-order valence-electron chi connectivity index (χ2n) is 10.4. The van der Waals surface area contributed by atoms with E-state index in [2.05, 4.69) is 19.2 Å². The SMILES string of the molecule is CCCNC(=O)C(CC)N(Cc1ccc(Cl)cc1)C(=O)CN(c1ccc(C(C)C)cc1)S(=O)(=O)c1ccc(C)cc1. The number of nitrogens with zero attached hydrogens (tertiary/aromatic N) is 2. The van der Waals surface area contributed by atoms with E-state index in [1.807, 2.05) is 32.9 Å². The molecule has 9 heteroatoms. The number of halogens is 1. The van der Waals surface area contributed by atoms with Crippen molar-refractivity contribution in [1.29, 1.82) is 0 Å². The molecule has 0 spiro atoms. The highest BCUT2D eigenvalue weighted by molar-refractivity contribution is 7.92. The van der Waals surface area contributed by atoms with E-state index < -0.39 is 28.5 Å². The summed E-state index contributed by atoms with van der Waals surface area (Å²) in [5.41, 5.74) is 3.12. The van der Waals surface area contributed by atoms with E-state index in [0.717, 1.165) is 27.4 Å². The number of aryl methyl sites for hydroxylation is 1. The monoisotopic (exact) mass is 597 g/mol. The quantitative estimate of drug-likeness (QED) is 0.250. The van der Waals surface area contributed by atoms with Crippen LogP contribution in [0.2, 0.25) is 5.02 Å². The summed E-state index contributed by atoms with van der Waals surface area (Å²) in [6, 6.07) is 20.0. The van der Waals surface area contributed by atoms with E-state index in [0.29, 0.717) is 23.7 Å². The van der Waals surface area contributed by atoms with Gasteiger partial charge in [0.2, 0.25) is 11.8 Å². The Hall–Kier alpha value is -3.36. The first-order valence-electron chi connectivity index (χ1n) is 14.0. The summed E-state index contributed by atoms with van der Waals surface area (Å²) < 4.78 is 29.1. The number of benzene rings is 3. The molecule has 0 saturated heterocycles. The molecule has 2 amide bonds. The van der Waals surface area contributed by atoms with Gasteiger partial charge in [-0.1, -0.05) is 81.3 Å². The number of rotatable bonds is 13. The first-order valence-corrected chi connectivity index (χ1v) is 15.8. The van der Waals surface area contributed by atoms with E-state index in [1.54, 1.807) is 60.7 Å². The maximum atomic E-state index is 14.1. The highest BCUT2D eigenvalue weighted by Crippen LogP contribution is 2.27. The minimum atomic E-state index is -4.11. The molecule has 0 aliphatic carbocycles. The van der Waals surface area contributed by atoms with E-state index in [1.165, 1.54) is 4.90 Å². The summed E-state index contributed by atoms with van der Waals surface area (Å²) in [6.45, 7) is 9.92. The van der Waals surface area contributed by atoms with Crippen LogP contribution in [-0.4, -0.2) is 44.3 Å². The summed E-state index contributed by atoms with van der Waals surface area (Å²) in [5, 5.41) is 3.45. The van der Waals surface area contributed by atoms with Crippen LogP contribution in [0.25, 0.3) is 0 Å². The second-order valence-corrected chi connectivity index (χ2v) is 12.7. The van der Waals surface area contributed by atoms with Crippen LogP contribution in [0.4, 0.5) is 5.69 Å². The van der Waals surface area contributed by atoms with E-state index in [4.69, 9.17) is 11.6 Å². The van der Waals surface area contributed by atoms with Crippen molar-refractivity contribution >= 4 is 39.1 Å². The number of anilines is 1. The summed E-state index contributed by atoms with van der Waals surface area (Å²) in [7, 11) is -4.11. The van der Waals surface area contributed by atoms with Gasteiger partial charge in [-0.05, 0) is 73.2 Å². The molecule has 3 aromatic rings. The van der Waals surface area contributed by atoms with Gasteiger partial charge in [-0.25, -0.2) is 8.42 Å². The van der Waals surface area contributed by atoms with Crippen LogP contribution in [-0.2, 0) is 26.2 Å². The normalized spacial score (nSPS) is 12.2. The molecule has 3 rings (SSSR count). The fourth-order valence-corrected chi connectivity index (χ4v) is 6.00. The molecule has 220 valence electrons. The van der Waals surface area contributed by atoms with Crippen LogP contribution in [0, 0.1) is 6.92 Å². The standard InChI is InChI=1S/C32H40ClN3O4S/c1-6-20-34-32(38)30(7-2)35(21-25-10-14-27(33)15-11-25)31(37)22-36(28-16-12-26(13-17-28)23(3)4)41(39,40)29-18-8-24(5)9-19-29/h8-19,23,30H,6-7,20-22H2,1-5H3,(H,34,38). The van der Waals surface area contributed by atoms with Gasteiger partial charge in [-0.2, -0.15) is 0 Å². The summed E-state index contributed by atoms with van der Waals surface area (Å²) >= 11 is 6.08. The molecule has 0 fully saturated rings. The number of hydrogen-bond acceptors (Lipinski definition) is 4. The lowest BCUT2D eigenvalue weighted by Gasteiger charge is -2.33. The lowest BCUT2D eigenvalue weighted by molar-refractivity contribution is -0.140. The van der Waals surface area contributed by atoms with Crippen molar-refractivity contribution in [3.8, 4) is 0 Å². The van der Waals surface area contributed by atoms with E-state index >= 15 is 0 Å². The average Bonchev–Trinajstić information content (AvgIpc) is 2.95. The molecule has 0 saturated carbocycles. The van der Waals surface area contributed by atoms with Gasteiger partial charge in [0.15, 0.2) is 0 Å². The molecule has 1 N–H and O–H groups in total. The Morgan fingerprint density at radius 3 is 2.05 bits per heavy atom. The topological polar surface area (TPSA) is 86.8 Å². The van der Waals surface area contributed by atoms with Crippen LogP contribution in [0.3, 0.4) is 0 Å². The number of carbonyl (C=O) groups excluding carboxylic acids is 2. The molecule has 0 aromatic heterocycles. The highest BCUT2D eigenvalue weighted by Gasteiger charge is 2.33. The van der Waals surface area contributed by atoms with Crippen LogP contribution >= 0.6 is 11.6 Å². The predicted molar refractivity (Wildman–Crippen MR) is 166 cm³/mol. The summed E-state index contributed by atoms with van der Waals surface area (Å²) in [6.07, 6.45) is 1.12. The Morgan fingerprint density at radius 2 is 1.51 bits per heavy atom. The third kappa shape index (κ3) is 8.33. The van der Waals surface area contributed by atoms with Crippen LogP contribution in [0.15, 0.2) is 77.7 Å². The largest absolute Gasteiger partial charge is 0.354 e. The van der Waals surface area contributed by atoms with Crippen molar-refractivity contribution in [1.82, 2.24) is 10.2 Å². The van der Waals surface area contributed by atoms with Gasteiger partial charge in [0.1, 0.15) is 12.6 Å². The zero-order valence-corrected chi connectivity index (χ0v) is 26.0. The average molecular weight is 598 g/mol. The summed E-state index contributed by atoms with van der Waals surface area (Å²) in [4.78, 5) is 28.8. The van der Waals surface area contributed by atoms with Gasteiger partial charge in [0.25, 0.3) is 10.0 Å². The predicted octanol–water partition coefficient (Wildman–Crippen LogP) is 6.30. The lowest BCUT2D eigenvalue weighted by Crippen LogP contribution is -2.52. The molecule has 3 aromatic carbocycles. The van der Waals surface area contributed by atoms with Gasteiger partial charge >= 0.3 is 0 Å². The molecule has 0 aliphatic heterocycles. The third-order valence-electron chi connectivity index (χ3n) is 6.94. The number of carbonyl (C=O) groups is 2. The van der Waals surface area contributed by atoms with Crippen molar-refractivity contribution in [3.05, 3.63) is 94.5 Å². The molecule has 7 nitrogen and oxygen atoms in total. The third-order valence-corrected chi connectivity index (χ3v) is 8.98. The van der Waals surface area contributed by atoms with Crippen molar-refractivity contribution in [2.75, 3.05) is 17.4 Å². The molecule has 41 heavy (non-hydrogen) atoms. The molecule has 0 aliphatic rings. The fourth-order valence-electron chi connectivity index (χ4n) is 4.46. The Kier molecular flexibility index (Phi) is 11.4. The molecule has 0 heterocycles. The van der Waals surface area contributed by atoms with Crippen molar-refractivity contribution in [2.24, 2.45) is 0 Å². The van der Waals surface area contributed by atoms with Gasteiger partial charge in [0.05, 0.1) is 10.6 Å². The lowest BCUT2D eigenvalue weighted by atomic mass is 10.0. The summed E-state index contributed by atoms with van der Waals surface area (Å²) in [5.74, 6) is -0.498. The molecular weight excluding hydrogens is 558 g/mol. The zero-order valence-electron chi connectivity index (χ0n) is 24.4. The van der Waals surface area contributed by atoms with Gasteiger partial charge < -0.3 is 10.2 Å². The minimum absolute atomic E-state index is 0.0841.